The fraction of sp³-hybridized carbons (Fsp3) is 0.250. The number of hydrogen-bond donors (Lipinski definition) is 2. The van der Waals surface area contributed by atoms with Gasteiger partial charge in [-0.15, -0.1) is 0 Å². The molecule has 0 bridgehead atoms. The minimum atomic E-state index is -0.978. The number of carboxylic acid groups (broad SMARTS) is 1. The summed E-state index contributed by atoms with van der Waals surface area (Å²) in [6.45, 7) is 7.69. The molecule has 4 heteroatoms. The minimum absolute atomic E-state index is 0.145. The molecule has 16 heavy (non-hydrogen) atoms. The molecular weight excluding hydrogens is 270 g/mol. The molecule has 0 aliphatic rings. The van der Waals surface area contributed by atoms with E-state index in [1.807, 2.05) is 26.0 Å². The van der Waals surface area contributed by atoms with E-state index in [4.69, 9.17) is 5.11 Å². The van der Waals surface area contributed by atoms with E-state index in [1.54, 1.807) is 0 Å². The highest BCUT2D eigenvalue weighted by molar-refractivity contribution is 9.10. The smallest absolute Gasteiger partial charge is 0.332 e. The number of anilines is 1. The SMILES string of the molecule is C=C(CNc1c(C)cc(C)cc1Br)C(=O)O. The molecule has 1 aromatic carbocycles. The van der Waals surface area contributed by atoms with Crippen LogP contribution in [0.4, 0.5) is 5.69 Å². The van der Waals surface area contributed by atoms with E-state index >= 15 is 0 Å². The molecule has 0 aliphatic carbocycles. The number of nitrogens with one attached hydrogen (secondary N) is 1. The molecule has 0 unspecified atom stereocenters. The summed E-state index contributed by atoms with van der Waals surface area (Å²) in [7, 11) is 0. The van der Waals surface area contributed by atoms with Gasteiger partial charge in [-0.3, -0.25) is 0 Å². The highest BCUT2D eigenvalue weighted by Gasteiger charge is 2.07. The number of carboxylic acids is 1. The highest BCUT2D eigenvalue weighted by atomic mass is 79.9. The second-order valence-electron chi connectivity index (χ2n) is 3.70. The molecule has 0 saturated heterocycles. The van der Waals surface area contributed by atoms with E-state index < -0.39 is 5.97 Å². The first-order valence-corrected chi connectivity index (χ1v) is 5.63. The summed E-state index contributed by atoms with van der Waals surface area (Å²) in [5.74, 6) is -0.978. The summed E-state index contributed by atoms with van der Waals surface area (Å²) >= 11 is 3.45. The Labute approximate surface area is 103 Å². The molecule has 0 aromatic heterocycles. The van der Waals surface area contributed by atoms with E-state index in [0.717, 1.165) is 21.3 Å². The quantitative estimate of drug-likeness (QED) is 0.835. The van der Waals surface area contributed by atoms with Crippen molar-refractivity contribution in [3.63, 3.8) is 0 Å². The van der Waals surface area contributed by atoms with Crippen LogP contribution in [0.3, 0.4) is 0 Å². The average molecular weight is 284 g/mol. The molecule has 1 rings (SSSR count). The van der Waals surface area contributed by atoms with Crippen LogP contribution in [0.5, 0.6) is 0 Å². The van der Waals surface area contributed by atoms with Gasteiger partial charge in [0.1, 0.15) is 0 Å². The molecule has 0 spiro atoms. The lowest BCUT2D eigenvalue weighted by molar-refractivity contribution is -0.132. The van der Waals surface area contributed by atoms with Crippen LogP contribution in [0.1, 0.15) is 11.1 Å². The zero-order valence-corrected chi connectivity index (χ0v) is 10.9. The van der Waals surface area contributed by atoms with Crippen LogP contribution in [-0.4, -0.2) is 17.6 Å². The Bertz CT molecular complexity index is 418. The average Bonchev–Trinajstić information content (AvgIpc) is 2.15. The standard InChI is InChI=1S/C12H14BrNO2/c1-7-4-8(2)11(10(13)5-7)14-6-9(3)12(15)16/h4-5,14H,3,6H2,1-2H3,(H,15,16). The van der Waals surface area contributed by atoms with Gasteiger partial charge in [0.25, 0.3) is 0 Å². The lowest BCUT2D eigenvalue weighted by atomic mass is 10.1. The van der Waals surface area contributed by atoms with Gasteiger partial charge in [-0.2, -0.15) is 0 Å². The summed E-state index contributed by atoms with van der Waals surface area (Å²) in [5, 5.41) is 11.8. The molecule has 1 aromatic rings. The van der Waals surface area contributed by atoms with E-state index in [9.17, 15) is 4.79 Å². The summed E-state index contributed by atoms with van der Waals surface area (Å²) in [5.41, 5.74) is 3.29. The van der Waals surface area contributed by atoms with Crippen LogP contribution in [0.25, 0.3) is 0 Å². The van der Waals surface area contributed by atoms with Crippen LogP contribution < -0.4 is 5.32 Å². The van der Waals surface area contributed by atoms with Crippen molar-refractivity contribution >= 4 is 27.6 Å². The van der Waals surface area contributed by atoms with Crippen molar-refractivity contribution in [3.05, 3.63) is 39.9 Å². The van der Waals surface area contributed by atoms with Crippen molar-refractivity contribution in [2.45, 2.75) is 13.8 Å². The molecular formula is C12H14BrNO2. The first kappa shape index (κ1) is 12.8. The van der Waals surface area contributed by atoms with Crippen molar-refractivity contribution in [2.75, 3.05) is 11.9 Å². The molecule has 0 saturated carbocycles. The maximum atomic E-state index is 10.6. The molecule has 2 N–H and O–H groups in total. The van der Waals surface area contributed by atoms with Gasteiger partial charge in [-0.25, -0.2) is 4.79 Å². The zero-order valence-electron chi connectivity index (χ0n) is 9.30. The Hall–Kier alpha value is -1.29. The highest BCUT2D eigenvalue weighted by Crippen LogP contribution is 2.27. The maximum absolute atomic E-state index is 10.6. The Kier molecular flexibility index (Phi) is 4.12. The van der Waals surface area contributed by atoms with Crippen LogP contribution in [0.2, 0.25) is 0 Å². The molecule has 0 radical (unpaired) electrons. The van der Waals surface area contributed by atoms with Crippen molar-refractivity contribution in [3.8, 4) is 0 Å². The maximum Gasteiger partial charge on any atom is 0.332 e. The Balaban J connectivity index is 2.82. The fourth-order valence-electron chi connectivity index (χ4n) is 1.41. The zero-order chi connectivity index (χ0) is 12.3. The lowest BCUT2D eigenvalue weighted by Crippen LogP contribution is -2.12. The Morgan fingerprint density at radius 1 is 1.50 bits per heavy atom. The van der Waals surface area contributed by atoms with Gasteiger partial charge in [-0.05, 0) is 47.0 Å². The largest absolute Gasteiger partial charge is 0.478 e. The van der Waals surface area contributed by atoms with Gasteiger partial charge >= 0.3 is 5.97 Å². The number of rotatable bonds is 4. The van der Waals surface area contributed by atoms with Crippen molar-refractivity contribution in [1.82, 2.24) is 0 Å². The predicted molar refractivity (Wildman–Crippen MR) is 68.9 cm³/mol. The third-order valence-electron chi connectivity index (χ3n) is 2.21. The molecule has 0 aliphatic heterocycles. The van der Waals surface area contributed by atoms with Gasteiger partial charge in [0, 0.05) is 16.6 Å². The lowest BCUT2D eigenvalue weighted by Gasteiger charge is -2.12. The third kappa shape index (κ3) is 3.10. The minimum Gasteiger partial charge on any atom is -0.478 e. The van der Waals surface area contributed by atoms with E-state index in [2.05, 4.69) is 27.8 Å². The summed E-state index contributed by atoms with van der Waals surface area (Å²) in [6, 6.07) is 4.02. The van der Waals surface area contributed by atoms with Crippen molar-refractivity contribution in [1.29, 1.82) is 0 Å². The monoisotopic (exact) mass is 283 g/mol. The molecule has 3 nitrogen and oxygen atoms in total. The first-order chi connectivity index (χ1) is 7.41. The molecule has 0 atom stereocenters. The topological polar surface area (TPSA) is 49.3 Å². The number of aliphatic carboxylic acids is 1. The van der Waals surface area contributed by atoms with Gasteiger partial charge in [-0.1, -0.05) is 12.6 Å². The van der Waals surface area contributed by atoms with Gasteiger partial charge < -0.3 is 10.4 Å². The predicted octanol–water partition coefficient (Wildman–Crippen LogP) is 3.12. The second kappa shape index (κ2) is 5.16. The number of halogens is 1. The summed E-state index contributed by atoms with van der Waals surface area (Å²) < 4.78 is 0.934. The van der Waals surface area contributed by atoms with Gasteiger partial charge in [0.05, 0.1) is 5.69 Å². The van der Waals surface area contributed by atoms with E-state index in [-0.39, 0.29) is 12.1 Å². The number of benzene rings is 1. The third-order valence-corrected chi connectivity index (χ3v) is 2.84. The van der Waals surface area contributed by atoms with Gasteiger partial charge in [0.2, 0.25) is 0 Å². The molecule has 0 fully saturated rings. The molecule has 86 valence electrons. The van der Waals surface area contributed by atoms with Crippen LogP contribution >= 0.6 is 15.9 Å². The van der Waals surface area contributed by atoms with Crippen molar-refractivity contribution < 1.29 is 9.90 Å². The van der Waals surface area contributed by atoms with E-state index in [0.29, 0.717) is 0 Å². The van der Waals surface area contributed by atoms with Crippen molar-refractivity contribution in [2.24, 2.45) is 0 Å². The number of aryl methyl sites for hydroxylation is 2. The van der Waals surface area contributed by atoms with Crippen LogP contribution in [0, 0.1) is 13.8 Å². The van der Waals surface area contributed by atoms with E-state index in [1.165, 1.54) is 0 Å². The first-order valence-electron chi connectivity index (χ1n) is 4.83. The van der Waals surface area contributed by atoms with Gasteiger partial charge in [0.15, 0.2) is 0 Å². The fourth-order valence-corrected chi connectivity index (χ4v) is 2.22. The summed E-state index contributed by atoms with van der Waals surface area (Å²) in [4.78, 5) is 10.6. The molecule has 0 amide bonds. The number of hydrogen-bond acceptors (Lipinski definition) is 2. The van der Waals surface area contributed by atoms with Crippen LogP contribution in [0.15, 0.2) is 28.8 Å². The molecule has 0 heterocycles. The second-order valence-corrected chi connectivity index (χ2v) is 4.56. The Morgan fingerprint density at radius 2 is 2.12 bits per heavy atom. The Morgan fingerprint density at radius 3 is 2.62 bits per heavy atom. The number of carbonyl (C=O) groups is 1. The normalized spacial score (nSPS) is 9.94. The summed E-state index contributed by atoms with van der Waals surface area (Å²) in [6.07, 6.45) is 0. The van der Waals surface area contributed by atoms with Crippen LogP contribution in [-0.2, 0) is 4.79 Å².